The monoisotopic (exact) mass is 521 g/mol. The topological polar surface area (TPSA) is 99.2 Å². The molecule has 2 rings (SSSR count). The van der Waals surface area contributed by atoms with Crippen LogP contribution in [0.25, 0.3) is 6.08 Å². The minimum absolute atomic E-state index is 0.0766. The van der Waals surface area contributed by atoms with E-state index >= 15 is 0 Å². The molecule has 1 aliphatic rings. The van der Waals surface area contributed by atoms with Crippen molar-refractivity contribution in [3.8, 4) is 5.75 Å². The molecule has 0 radical (unpaired) electrons. The van der Waals surface area contributed by atoms with E-state index in [-0.39, 0.29) is 40.0 Å². The first-order chi connectivity index (χ1) is 16.5. The number of hydrogen-bond acceptors (Lipinski definition) is 7. The highest BCUT2D eigenvalue weighted by Crippen LogP contribution is 2.45. The van der Waals surface area contributed by atoms with E-state index in [4.69, 9.17) is 14.2 Å². The van der Waals surface area contributed by atoms with Crippen molar-refractivity contribution in [1.82, 2.24) is 4.31 Å². The fourth-order valence-corrected chi connectivity index (χ4v) is 4.61. The minimum Gasteiger partial charge on any atom is -0.497 e. The molecule has 0 spiro atoms. The van der Waals surface area contributed by atoms with Crippen molar-refractivity contribution in [3.05, 3.63) is 34.9 Å². The number of alkyl halides is 3. The van der Waals surface area contributed by atoms with Gasteiger partial charge in [0, 0.05) is 12.6 Å². The first kappa shape index (κ1) is 28.6. The number of benzene rings is 1. The molecule has 196 valence electrons. The van der Waals surface area contributed by atoms with E-state index in [0.717, 1.165) is 18.9 Å². The molecule has 35 heavy (non-hydrogen) atoms. The smallest absolute Gasteiger partial charge is 0.497 e. The average Bonchev–Trinajstić information content (AvgIpc) is 3.15. The van der Waals surface area contributed by atoms with E-state index in [1.807, 2.05) is 13.8 Å². The van der Waals surface area contributed by atoms with Crippen LogP contribution in [0.2, 0.25) is 0 Å². The van der Waals surface area contributed by atoms with Crippen LogP contribution in [0.1, 0.15) is 68.7 Å². The van der Waals surface area contributed by atoms with Crippen molar-refractivity contribution in [1.29, 1.82) is 0 Å². The third-order valence-corrected chi connectivity index (χ3v) is 7.00. The number of fused-ring (bicyclic) bond motifs is 1. The summed E-state index contributed by atoms with van der Waals surface area (Å²) in [7, 11) is -4.44. The van der Waals surface area contributed by atoms with Gasteiger partial charge in [0.25, 0.3) is 0 Å². The van der Waals surface area contributed by atoms with Crippen molar-refractivity contribution in [2.75, 3.05) is 20.3 Å². The van der Waals surface area contributed by atoms with Crippen molar-refractivity contribution in [2.45, 2.75) is 64.0 Å². The Bertz CT molecular complexity index is 1040. The molecular weight excluding hydrogens is 491 g/mol. The normalized spacial score (nSPS) is 16.3. The number of carbonyl (C=O) groups is 2. The Morgan fingerprint density at radius 1 is 1.11 bits per heavy atom. The van der Waals surface area contributed by atoms with E-state index in [2.05, 4.69) is 0 Å². The molecule has 12 heteroatoms. The van der Waals surface area contributed by atoms with Crippen LogP contribution in [0.15, 0.2) is 18.2 Å². The Labute approximate surface area is 203 Å². The maximum Gasteiger partial charge on any atom is 0.511 e. The number of rotatable bonds is 12. The average molecular weight is 522 g/mol. The van der Waals surface area contributed by atoms with Crippen LogP contribution >= 0.6 is 0 Å². The third kappa shape index (κ3) is 7.20. The Hall–Kier alpha value is -2.60. The summed E-state index contributed by atoms with van der Waals surface area (Å²) >= 11 is 0. The lowest BCUT2D eigenvalue weighted by atomic mass is 9.97. The predicted molar refractivity (Wildman–Crippen MR) is 122 cm³/mol. The minimum atomic E-state index is -5.78. The van der Waals surface area contributed by atoms with Crippen LogP contribution in [-0.4, -0.2) is 50.5 Å². The second-order valence-corrected chi connectivity index (χ2v) is 9.81. The molecule has 0 amide bonds. The first-order valence-electron chi connectivity index (χ1n) is 11.3. The van der Waals surface area contributed by atoms with E-state index < -0.39 is 46.5 Å². The Balaban J connectivity index is 2.48. The lowest BCUT2D eigenvalue weighted by molar-refractivity contribution is -0.145. The molecule has 0 aliphatic carbocycles. The number of methoxy groups -OCH3 is 1. The molecule has 1 aromatic carbocycles. The number of hydrogen-bond donors (Lipinski definition) is 0. The van der Waals surface area contributed by atoms with Gasteiger partial charge in [0.1, 0.15) is 5.75 Å². The van der Waals surface area contributed by atoms with Crippen molar-refractivity contribution < 1.29 is 45.4 Å². The quantitative estimate of drug-likeness (QED) is 0.227. The number of sulfonamides is 1. The number of carbonyl (C=O) groups excluding carboxylic acids is 2. The van der Waals surface area contributed by atoms with Gasteiger partial charge in [-0.05, 0) is 47.7 Å². The highest BCUT2D eigenvalue weighted by Gasteiger charge is 2.54. The maximum atomic E-state index is 13.5. The second-order valence-electron chi connectivity index (χ2n) is 7.93. The molecule has 0 N–H and O–H groups in total. The Morgan fingerprint density at radius 2 is 1.74 bits per heavy atom. The Kier molecular flexibility index (Phi) is 10.1. The molecule has 1 aliphatic heterocycles. The number of halogens is 3. The summed E-state index contributed by atoms with van der Waals surface area (Å²) in [5.74, 6) is -1.25. The third-order valence-electron chi connectivity index (χ3n) is 5.41. The molecule has 0 fully saturated rings. The second kappa shape index (κ2) is 12.4. The number of nitrogens with zero attached hydrogens (tertiary/aromatic N) is 1. The van der Waals surface area contributed by atoms with E-state index in [1.165, 1.54) is 25.3 Å². The maximum absolute atomic E-state index is 13.5. The molecular formula is C23H30F3NO7S. The molecule has 1 atom stereocenters. The largest absolute Gasteiger partial charge is 0.511 e. The van der Waals surface area contributed by atoms with E-state index in [1.54, 1.807) is 0 Å². The molecule has 0 saturated heterocycles. The van der Waals surface area contributed by atoms with Crippen LogP contribution in [-0.2, 0) is 35.6 Å². The summed E-state index contributed by atoms with van der Waals surface area (Å²) in [6.45, 7) is 3.46. The zero-order valence-corrected chi connectivity index (χ0v) is 20.7. The van der Waals surface area contributed by atoms with Gasteiger partial charge in [0.2, 0.25) is 0 Å². The van der Waals surface area contributed by atoms with Crippen molar-refractivity contribution >= 4 is 28.0 Å². The molecule has 0 bridgehead atoms. The molecule has 0 aromatic heterocycles. The molecule has 0 saturated carbocycles. The van der Waals surface area contributed by atoms with Crippen LogP contribution in [0.5, 0.6) is 5.75 Å². The Morgan fingerprint density at radius 3 is 2.31 bits per heavy atom. The zero-order valence-electron chi connectivity index (χ0n) is 19.9. The van der Waals surface area contributed by atoms with E-state index in [9.17, 15) is 31.2 Å². The number of ether oxygens (including phenoxy) is 3. The summed E-state index contributed by atoms with van der Waals surface area (Å²) in [4.78, 5) is 24.3. The van der Waals surface area contributed by atoms with Crippen LogP contribution < -0.4 is 4.74 Å². The molecule has 1 aromatic rings. The van der Waals surface area contributed by atoms with Gasteiger partial charge in [-0.15, -0.1) is 0 Å². The zero-order chi connectivity index (χ0) is 26.2. The standard InChI is InChI=1S/C23H30F3NO7S/c1-4-6-10-33-21(28)9-8-16-12-17(32-3)13-18-19(16)15-27(35(30,31)23(24,25)26)20(18)14-22(29)34-11-7-5-2/h8-9,12-13,20H,4-7,10-11,14-15H2,1-3H3/b9-8+. The lowest BCUT2D eigenvalue weighted by Crippen LogP contribution is -2.40. The summed E-state index contributed by atoms with van der Waals surface area (Å²) < 4.78 is 80.8. The van der Waals surface area contributed by atoms with Crippen LogP contribution in [0, 0.1) is 0 Å². The van der Waals surface area contributed by atoms with Gasteiger partial charge in [-0.1, -0.05) is 26.7 Å². The fourth-order valence-electron chi connectivity index (χ4n) is 3.52. The van der Waals surface area contributed by atoms with Gasteiger partial charge in [-0.3, -0.25) is 4.79 Å². The van der Waals surface area contributed by atoms with Crippen molar-refractivity contribution in [2.24, 2.45) is 0 Å². The van der Waals surface area contributed by atoms with Crippen molar-refractivity contribution in [3.63, 3.8) is 0 Å². The summed E-state index contributed by atoms with van der Waals surface area (Å²) in [6, 6.07) is 1.40. The fraction of sp³-hybridized carbons (Fsp3) is 0.565. The van der Waals surface area contributed by atoms with Gasteiger partial charge >= 0.3 is 27.5 Å². The van der Waals surface area contributed by atoms with Crippen LogP contribution in [0.3, 0.4) is 0 Å². The summed E-state index contributed by atoms with van der Waals surface area (Å²) in [5.41, 5.74) is -4.90. The van der Waals surface area contributed by atoms with Gasteiger partial charge in [-0.25, -0.2) is 13.2 Å². The van der Waals surface area contributed by atoms with Crippen LogP contribution in [0.4, 0.5) is 13.2 Å². The molecule has 8 nitrogen and oxygen atoms in total. The SMILES string of the molecule is CCCCOC(=O)/C=C/c1cc(OC)cc2c1CN(S(=O)(=O)C(F)(F)F)C2CC(=O)OCCCC. The highest BCUT2D eigenvalue weighted by molar-refractivity contribution is 7.90. The summed E-state index contributed by atoms with van der Waals surface area (Å²) in [5, 5.41) is 0. The number of unbranched alkanes of at least 4 members (excludes halogenated alkanes) is 2. The molecule has 1 unspecified atom stereocenters. The summed E-state index contributed by atoms with van der Waals surface area (Å²) in [6.07, 6.45) is 4.63. The van der Waals surface area contributed by atoms with Gasteiger partial charge in [0.15, 0.2) is 0 Å². The lowest BCUT2D eigenvalue weighted by Gasteiger charge is -2.25. The van der Waals surface area contributed by atoms with Gasteiger partial charge < -0.3 is 14.2 Å². The van der Waals surface area contributed by atoms with Gasteiger partial charge in [0.05, 0.1) is 32.8 Å². The van der Waals surface area contributed by atoms with Gasteiger partial charge in [-0.2, -0.15) is 17.5 Å². The predicted octanol–water partition coefficient (Wildman–Crippen LogP) is 4.49. The molecule has 1 heterocycles. The number of esters is 2. The first-order valence-corrected chi connectivity index (χ1v) is 12.7. The van der Waals surface area contributed by atoms with E-state index in [0.29, 0.717) is 12.8 Å². The highest BCUT2D eigenvalue weighted by atomic mass is 32.2.